The SMILES string of the molecule is C=CCOC(=O)CCCCCCCCCCC.[Ni]. The van der Waals surface area contributed by atoms with Crippen molar-refractivity contribution in [1.82, 2.24) is 0 Å². The third kappa shape index (κ3) is 15.7. The van der Waals surface area contributed by atoms with Crippen molar-refractivity contribution in [2.45, 2.75) is 71.1 Å². The Labute approximate surface area is 122 Å². The Morgan fingerprint density at radius 1 is 1.00 bits per heavy atom. The first-order valence-corrected chi connectivity index (χ1v) is 7.07. The van der Waals surface area contributed by atoms with Crippen LogP contribution in [0.2, 0.25) is 0 Å². The molecule has 0 atom stereocenters. The van der Waals surface area contributed by atoms with Crippen LogP contribution in [-0.4, -0.2) is 12.6 Å². The second-order valence-electron chi connectivity index (χ2n) is 4.55. The molecule has 0 aliphatic rings. The van der Waals surface area contributed by atoms with Crippen molar-refractivity contribution < 1.29 is 26.0 Å². The van der Waals surface area contributed by atoms with Gasteiger partial charge in [0.05, 0.1) is 0 Å². The van der Waals surface area contributed by atoms with E-state index in [1.54, 1.807) is 6.08 Å². The molecule has 0 radical (unpaired) electrons. The van der Waals surface area contributed by atoms with Gasteiger partial charge in [-0.3, -0.25) is 4.79 Å². The van der Waals surface area contributed by atoms with E-state index in [-0.39, 0.29) is 22.5 Å². The number of carbonyl (C=O) groups excluding carboxylic acids is 1. The number of hydrogen-bond donors (Lipinski definition) is 0. The van der Waals surface area contributed by atoms with Crippen molar-refractivity contribution in [2.75, 3.05) is 6.61 Å². The van der Waals surface area contributed by atoms with Gasteiger partial charge in [-0.25, -0.2) is 0 Å². The van der Waals surface area contributed by atoms with Crippen molar-refractivity contribution in [3.8, 4) is 0 Å². The van der Waals surface area contributed by atoms with E-state index in [2.05, 4.69) is 13.5 Å². The maximum atomic E-state index is 11.1. The Kier molecular flexibility index (Phi) is 18.6. The van der Waals surface area contributed by atoms with E-state index in [4.69, 9.17) is 4.74 Å². The van der Waals surface area contributed by atoms with Crippen LogP contribution < -0.4 is 0 Å². The minimum absolute atomic E-state index is 0. The first kappa shape index (κ1) is 20.0. The van der Waals surface area contributed by atoms with Crippen LogP contribution in [0, 0.1) is 0 Å². The normalized spacial score (nSPS) is 9.61. The minimum atomic E-state index is -0.0900. The van der Waals surface area contributed by atoms with Gasteiger partial charge in [0, 0.05) is 22.9 Å². The predicted octanol–water partition coefficient (Wildman–Crippen LogP) is 4.63. The van der Waals surface area contributed by atoms with Crippen LogP contribution in [0.3, 0.4) is 0 Å². The molecule has 0 saturated carbocycles. The molecule has 0 saturated heterocycles. The maximum Gasteiger partial charge on any atom is 0.306 e. The van der Waals surface area contributed by atoms with Crippen LogP contribution in [0.4, 0.5) is 0 Å². The zero-order chi connectivity index (χ0) is 12.8. The molecule has 0 aromatic heterocycles. The molecule has 18 heavy (non-hydrogen) atoms. The molecule has 0 N–H and O–H groups in total. The van der Waals surface area contributed by atoms with Gasteiger partial charge in [0.2, 0.25) is 0 Å². The molecule has 0 aliphatic carbocycles. The van der Waals surface area contributed by atoms with Gasteiger partial charge >= 0.3 is 5.97 Å². The largest absolute Gasteiger partial charge is 0.461 e. The third-order valence-electron chi connectivity index (χ3n) is 2.85. The van der Waals surface area contributed by atoms with E-state index < -0.39 is 0 Å². The van der Waals surface area contributed by atoms with Gasteiger partial charge in [0.25, 0.3) is 0 Å². The van der Waals surface area contributed by atoms with Crippen LogP contribution in [0.1, 0.15) is 71.1 Å². The number of esters is 1. The summed E-state index contributed by atoms with van der Waals surface area (Å²) in [5.41, 5.74) is 0. The van der Waals surface area contributed by atoms with Crippen LogP contribution in [0.15, 0.2) is 12.7 Å². The molecular formula is C15H28NiO2. The Bertz CT molecular complexity index is 193. The fourth-order valence-corrected chi connectivity index (χ4v) is 1.80. The molecule has 0 fully saturated rings. The molecule has 0 aliphatic heterocycles. The number of unbranched alkanes of at least 4 members (excludes halogenated alkanes) is 8. The maximum absolute atomic E-state index is 11.1. The van der Waals surface area contributed by atoms with E-state index in [0.29, 0.717) is 13.0 Å². The summed E-state index contributed by atoms with van der Waals surface area (Å²) in [6.07, 6.45) is 13.6. The van der Waals surface area contributed by atoms with Gasteiger partial charge in [0.15, 0.2) is 0 Å². The topological polar surface area (TPSA) is 26.3 Å². The van der Waals surface area contributed by atoms with Gasteiger partial charge in [-0.1, -0.05) is 70.9 Å². The van der Waals surface area contributed by atoms with Crippen LogP contribution in [0.5, 0.6) is 0 Å². The van der Waals surface area contributed by atoms with Crippen molar-refractivity contribution in [3.63, 3.8) is 0 Å². The third-order valence-corrected chi connectivity index (χ3v) is 2.85. The number of hydrogen-bond acceptors (Lipinski definition) is 2. The molecule has 0 rings (SSSR count). The molecule has 0 aromatic carbocycles. The fourth-order valence-electron chi connectivity index (χ4n) is 1.80. The predicted molar refractivity (Wildman–Crippen MR) is 73.0 cm³/mol. The molecule has 0 bridgehead atoms. The summed E-state index contributed by atoms with van der Waals surface area (Å²) in [5, 5.41) is 0. The summed E-state index contributed by atoms with van der Waals surface area (Å²) >= 11 is 0. The standard InChI is InChI=1S/C15H28O2.Ni/c1-3-5-6-7-8-9-10-11-12-13-15(16)17-14-4-2;/h4H,2-3,5-14H2,1H3;. The van der Waals surface area contributed by atoms with E-state index >= 15 is 0 Å². The molecule has 3 heteroatoms. The number of ether oxygens (including phenoxy) is 1. The first-order chi connectivity index (χ1) is 8.31. The second-order valence-corrected chi connectivity index (χ2v) is 4.55. The summed E-state index contributed by atoms with van der Waals surface area (Å²) in [6, 6.07) is 0. The molecule has 0 aromatic rings. The van der Waals surface area contributed by atoms with Crippen molar-refractivity contribution >= 4 is 5.97 Å². The summed E-state index contributed by atoms with van der Waals surface area (Å²) < 4.78 is 4.91. The molecule has 0 heterocycles. The van der Waals surface area contributed by atoms with E-state index in [1.165, 1.54) is 44.9 Å². The smallest absolute Gasteiger partial charge is 0.306 e. The summed E-state index contributed by atoms with van der Waals surface area (Å²) in [4.78, 5) is 11.1. The van der Waals surface area contributed by atoms with Gasteiger partial charge in [-0.15, -0.1) is 0 Å². The van der Waals surface area contributed by atoms with Crippen LogP contribution in [0.25, 0.3) is 0 Å². The molecule has 0 unspecified atom stereocenters. The summed E-state index contributed by atoms with van der Waals surface area (Å²) in [5.74, 6) is -0.0900. The van der Waals surface area contributed by atoms with Gasteiger partial charge in [-0.05, 0) is 6.42 Å². The molecular weight excluding hydrogens is 271 g/mol. The average molecular weight is 299 g/mol. The second kappa shape index (κ2) is 16.7. The zero-order valence-electron chi connectivity index (χ0n) is 11.7. The van der Waals surface area contributed by atoms with Crippen molar-refractivity contribution in [2.24, 2.45) is 0 Å². The van der Waals surface area contributed by atoms with Gasteiger partial charge in [0.1, 0.15) is 6.61 Å². The Morgan fingerprint density at radius 3 is 2.00 bits per heavy atom. The fraction of sp³-hybridized carbons (Fsp3) is 0.800. The van der Waals surface area contributed by atoms with E-state index in [1.807, 2.05) is 0 Å². The molecule has 0 spiro atoms. The van der Waals surface area contributed by atoms with Crippen LogP contribution in [-0.2, 0) is 26.0 Å². The average Bonchev–Trinajstić information content (AvgIpc) is 2.34. The number of carbonyl (C=O) groups is 1. The van der Waals surface area contributed by atoms with Crippen LogP contribution >= 0.6 is 0 Å². The monoisotopic (exact) mass is 298 g/mol. The van der Waals surface area contributed by atoms with E-state index in [0.717, 1.165) is 12.8 Å². The molecule has 2 nitrogen and oxygen atoms in total. The molecule has 110 valence electrons. The number of rotatable bonds is 12. The van der Waals surface area contributed by atoms with Crippen molar-refractivity contribution in [1.29, 1.82) is 0 Å². The summed E-state index contributed by atoms with van der Waals surface area (Å²) in [7, 11) is 0. The van der Waals surface area contributed by atoms with Gasteiger partial charge in [-0.2, -0.15) is 0 Å². The Balaban J connectivity index is 0. The zero-order valence-corrected chi connectivity index (χ0v) is 12.7. The minimum Gasteiger partial charge on any atom is -0.461 e. The first-order valence-electron chi connectivity index (χ1n) is 7.07. The quantitative estimate of drug-likeness (QED) is 0.227. The van der Waals surface area contributed by atoms with Gasteiger partial charge < -0.3 is 4.74 Å². The van der Waals surface area contributed by atoms with Crippen molar-refractivity contribution in [3.05, 3.63) is 12.7 Å². The Morgan fingerprint density at radius 2 is 1.50 bits per heavy atom. The Hall–Kier alpha value is -0.296. The van der Waals surface area contributed by atoms with E-state index in [9.17, 15) is 4.79 Å². The molecule has 0 amide bonds. The summed E-state index contributed by atoms with van der Waals surface area (Å²) in [6.45, 7) is 6.09.